The predicted molar refractivity (Wildman–Crippen MR) is 115 cm³/mol. The van der Waals surface area contributed by atoms with Gasteiger partial charge < -0.3 is 14.5 Å². The Hall–Kier alpha value is -2.33. The highest BCUT2D eigenvalue weighted by Gasteiger charge is 2.33. The summed E-state index contributed by atoms with van der Waals surface area (Å²) in [6.45, 7) is 3.21. The Balaban J connectivity index is 1.26. The lowest BCUT2D eigenvalue weighted by atomic mass is 9.98. The number of rotatable bonds is 5. The Morgan fingerprint density at radius 2 is 1.94 bits per heavy atom. The number of nitrogens with one attached hydrogen (secondary N) is 1. The molecule has 2 fully saturated rings. The summed E-state index contributed by atoms with van der Waals surface area (Å²) >= 11 is 6.03. The van der Waals surface area contributed by atoms with Gasteiger partial charge in [-0.15, -0.1) is 0 Å². The number of halogens is 1. The first-order valence-corrected chi connectivity index (χ1v) is 12.6. The van der Waals surface area contributed by atoms with Crippen LogP contribution in [0.1, 0.15) is 31.0 Å². The third kappa shape index (κ3) is 5.30. The second-order valence-corrected chi connectivity index (χ2v) is 10.7. The minimum Gasteiger partial charge on any atom is -0.493 e. The van der Waals surface area contributed by atoms with Gasteiger partial charge in [-0.3, -0.25) is 5.10 Å². The average Bonchev–Trinajstić information content (AvgIpc) is 3.43. The van der Waals surface area contributed by atoms with Gasteiger partial charge in [0.25, 0.3) is 0 Å². The van der Waals surface area contributed by atoms with Gasteiger partial charge in [0.15, 0.2) is 9.84 Å². The van der Waals surface area contributed by atoms with Crippen LogP contribution in [0.3, 0.4) is 0 Å². The second-order valence-electron chi connectivity index (χ2n) is 8.22. The van der Waals surface area contributed by atoms with E-state index in [-0.39, 0.29) is 16.8 Å². The lowest BCUT2D eigenvalue weighted by molar-refractivity contribution is 0.124. The zero-order valence-corrected chi connectivity index (χ0v) is 18.9. The number of hydrogen-bond donors (Lipinski definition) is 1. The van der Waals surface area contributed by atoms with E-state index < -0.39 is 9.84 Å². The van der Waals surface area contributed by atoms with Gasteiger partial charge in [0.05, 0.1) is 11.5 Å². The smallest absolute Gasteiger partial charge is 0.320 e. The van der Waals surface area contributed by atoms with Crippen LogP contribution >= 0.6 is 11.6 Å². The lowest BCUT2D eigenvalue weighted by Gasteiger charge is -2.34. The SMILES string of the molecule is CS(=O)(=O)c1cc(Cl)cc(OCC2CCN(C(=O)N3CC[C@H](c4ncn[nH]4)C3)CC2)c1. The summed E-state index contributed by atoms with van der Waals surface area (Å²) in [4.78, 5) is 21.0. The molecule has 0 radical (unpaired) electrons. The topological polar surface area (TPSA) is 108 Å². The van der Waals surface area contributed by atoms with E-state index in [0.717, 1.165) is 37.9 Å². The molecule has 168 valence electrons. The van der Waals surface area contributed by atoms with Crippen molar-refractivity contribution in [3.63, 3.8) is 0 Å². The molecule has 1 aromatic heterocycles. The highest BCUT2D eigenvalue weighted by atomic mass is 35.5. The van der Waals surface area contributed by atoms with Crippen LogP contribution in [0.2, 0.25) is 5.02 Å². The maximum atomic E-state index is 12.9. The molecular formula is C20H26ClN5O4S. The van der Waals surface area contributed by atoms with Crippen LogP contribution in [0.5, 0.6) is 5.75 Å². The molecule has 2 saturated heterocycles. The molecule has 0 aliphatic carbocycles. The number of H-pyrrole nitrogens is 1. The largest absolute Gasteiger partial charge is 0.493 e. The van der Waals surface area contributed by atoms with Crippen LogP contribution in [-0.4, -0.2) is 78.5 Å². The zero-order valence-electron chi connectivity index (χ0n) is 17.3. The number of carbonyl (C=O) groups excluding carboxylic acids is 1. The van der Waals surface area contributed by atoms with Crippen molar-refractivity contribution in [3.8, 4) is 5.75 Å². The molecule has 2 aliphatic rings. The molecule has 0 unspecified atom stereocenters. The van der Waals surface area contributed by atoms with E-state index in [4.69, 9.17) is 16.3 Å². The van der Waals surface area contributed by atoms with Crippen molar-refractivity contribution in [1.29, 1.82) is 0 Å². The van der Waals surface area contributed by atoms with Gasteiger partial charge >= 0.3 is 6.03 Å². The fourth-order valence-electron chi connectivity index (χ4n) is 4.11. The molecule has 0 spiro atoms. The van der Waals surface area contributed by atoms with Gasteiger partial charge in [0.2, 0.25) is 0 Å². The number of aromatic amines is 1. The summed E-state index contributed by atoms with van der Waals surface area (Å²) in [6, 6.07) is 4.61. The van der Waals surface area contributed by atoms with Crippen LogP contribution in [0.15, 0.2) is 29.4 Å². The number of urea groups is 1. The molecule has 1 atom stereocenters. The number of nitrogens with zero attached hydrogens (tertiary/aromatic N) is 4. The molecule has 0 saturated carbocycles. The minimum absolute atomic E-state index is 0.0778. The first-order chi connectivity index (χ1) is 14.8. The van der Waals surface area contributed by atoms with E-state index in [1.54, 1.807) is 6.07 Å². The maximum absolute atomic E-state index is 12.9. The fraction of sp³-hybridized carbons (Fsp3) is 0.550. The van der Waals surface area contributed by atoms with Crippen LogP contribution in [0.25, 0.3) is 0 Å². The minimum atomic E-state index is -3.36. The summed E-state index contributed by atoms with van der Waals surface area (Å²) in [5.74, 6) is 1.80. The van der Waals surface area contributed by atoms with Crippen molar-refractivity contribution in [1.82, 2.24) is 25.0 Å². The number of piperidine rings is 1. The lowest BCUT2D eigenvalue weighted by Crippen LogP contribution is -2.46. The monoisotopic (exact) mass is 467 g/mol. The molecular weight excluding hydrogens is 442 g/mol. The quantitative estimate of drug-likeness (QED) is 0.723. The summed E-state index contributed by atoms with van der Waals surface area (Å²) in [5, 5.41) is 7.12. The third-order valence-corrected chi connectivity index (χ3v) is 7.23. The fourth-order valence-corrected chi connectivity index (χ4v) is 5.07. The molecule has 2 amide bonds. The molecule has 0 bridgehead atoms. The molecule has 9 nitrogen and oxygen atoms in total. The van der Waals surface area contributed by atoms with Crippen LogP contribution < -0.4 is 4.74 Å². The highest BCUT2D eigenvalue weighted by Crippen LogP contribution is 2.28. The molecule has 31 heavy (non-hydrogen) atoms. The number of hydrogen-bond acceptors (Lipinski definition) is 6. The van der Waals surface area contributed by atoms with Gasteiger partial charge in [-0.05, 0) is 43.4 Å². The Bertz CT molecular complexity index is 1020. The number of sulfone groups is 1. The number of benzene rings is 1. The standard InChI is InChI=1S/C20H26ClN5O4S/c1-31(28,29)18-9-16(21)8-17(10-18)30-12-14-2-5-25(6-3-14)20(27)26-7-4-15(11-26)19-22-13-23-24-19/h8-10,13-15H,2-7,11-12H2,1H3,(H,22,23,24)/t15-/m0/s1. The zero-order chi connectivity index (χ0) is 22.0. The van der Waals surface area contributed by atoms with Gasteiger partial charge in [0.1, 0.15) is 17.9 Å². The van der Waals surface area contributed by atoms with E-state index >= 15 is 0 Å². The second kappa shape index (κ2) is 9.04. The van der Waals surface area contributed by atoms with Crippen molar-refractivity contribution >= 4 is 27.5 Å². The number of ether oxygens (including phenoxy) is 1. The van der Waals surface area contributed by atoms with Crippen molar-refractivity contribution in [2.24, 2.45) is 5.92 Å². The van der Waals surface area contributed by atoms with E-state index in [2.05, 4.69) is 15.2 Å². The first-order valence-electron chi connectivity index (χ1n) is 10.3. The van der Waals surface area contributed by atoms with Crippen molar-refractivity contribution < 1.29 is 17.9 Å². The van der Waals surface area contributed by atoms with Gasteiger partial charge in [-0.2, -0.15) is 5.10 Å². The predicted octanol–water partition coefficient (Wildman–Crippen LogP) is 2.56. The summed E-state index contributed by atoms with van der Waals surface area (Å²) in [7, 11) is -3.36. The Kier molecular flexibility index (Phi) is 6.38. The molecule has 2 aliphatic heterocycles. The van der Waals surface area contributed by atoms with Crippen LogP contribution in [-0.2, 0) is 9.84 Å². The molecule has 1 N–H and O–H groups in total. The highest BCUT2D eigenvalue weighted by molar-refractivity contribution is 7.90. The molecule has 11 heteroatoms. The number of carbonyl (C=O) groups is 1. The molecule has 4 rings (SSSR count). The van der Waals surface area contributed by atoms with Crippen LogP contribution in [0, 0.1) is 5.92 Å². The van der Waals surface area contributed by atoms with Gasteiger partial charge in [-0.25, -0.2) is 18.2 Å². The summed E-state index contributed by atoms with van der Waals surface area (Å²) in [5.41, 5.74) is 0. The number of likely N-dealkylation sites (tertiary alicyclic amines) is 2. The molecule has 2 aromatic rings. The van der Waals surface area contributed by atoms with E-state index in [1.807, 2.05) is 9.80 Å². The normalized spacial score (nSPS) is 20.3. The average molecular weight is 468 g/mol. The van der Waals surface area contributed by atoms with Crippen molar-refractivity contribution in [3.05, 3.63) is 35.4 Å². The summed E-state index contributed by atoms with van der Waals surface area (Å²) in [6.07, 6.45) is 5.21. The Morgan fingerprint density at radius 1 is 1.19 bits per heavy atom. The third-order valence-electron chi connectivity index (χ3n) is 5.92. The first kappa shape index (κ1) is 21.9. The van der Waals surface area contributed by atoms with Crippen molar-refractivity contribution in [2.45, 2.75) is 30.1 Å². The Morgan fingerprint density at radius 3 is 2.61 bits per heavy atom. The van der Waals surface area contributed by atoms with Crippen LogP contribution in [0.4, 0.5) is 4.79 Å². The number of aromatic nitrogens is 3. The molecule has 1 aromatic carbocycles. The molecule has 3 heterocycles. The van der Waals surface area contributed by atoms with Crippen molar-refractivity contribution in [2.75, 3.05) is 39.0 Å². The maximum Gasteiger partial charge on any atom is 0.320 e. The number of amides is 2. The van der Waals surface area contributed by atoms with E-state index in [9.17, 15) is 13.2 Å². The van der Waals surface area contributed by atoms with E-state index in [1.165, 1.54) is 18.5 Å². The van der Waals surface area contributed by atoms with E-state index in [0.29, 0.717) is 42.9 Å². The summed E-state index contributed by atoms with van der Waals surface area (Å²) < 4.78 is 29.4. The Labute approximate surface area is 186 Å². The van der Waals surface area contributed by atoms with Gasteiger partial charge in [0, 0.05) is 43.4 Å². The van der Waals surface area contributed by atoms with Gasteiger partial charge in [-0.1, -0.05) is 11.6 Å².